The molecule has 0 bridgehead atoms. The predicted molar refractivity (Wildman–Crippen MR) is 80.8 cm³/mol. The van der Waals surface area contributed by atoms with Gasteiger partial charge in [-0.25, -0.2) is 5.06 Å². The second-order valence-corrected chi connectivity index (χ2v) is 6.08. The molecule has 0 aromatic heterocycles. The Morgan fingerprint density at radius 2 is 1.91 bits per heavy atom. The Morgan fingerprint density at radius 1 is 1.26 bits per heavy atom. The summed E-state index contributed by atoms with van der Waals surface area (Å²) in [7, 11) is 0. The number of amides is 2. The Bertz CT molecular complexity index is 627. The van der Waals surface area contributed by atoms with E-state index in [-0.39, 0.29) is 26.1 Å². The van der Waals surface area contributed by atoms with Crippen molar-refractivity contribution in [2.75, 3.05) is 6.54 Å². The van der Waals surface area contributed by atoms with Gasteiger partial charge in [-0.15, -0.1) is 0 Å². The fourth-order valence-electron chi connectivity index (χ4n) is 2.12. The lowest BCUT2D eigenvalue weighted by Crippen LogP contribution is -2.45. The van der Waals surface area contributed by atoms with Crippen LogP contribution in [0.25, 0.3) is 0 Å². The first-order chi connectivity index (χ1) is 10.8. The number of carboxylic acids is 1. The van der Waals surface area contributed by atoms with Gasteiger partial charge < -0.3 is 10.4 Å². The second kappa shape index (κ2) is 6.78. The van der Waals surface area contributed by atoms with E-state index in [9.17, 15) is 14.4 Å². The lowest BCUT2D eigenvalue weighted by atomic mass is 9.90. The molecule has 1 aromatic carbocycles. The molecule has 0 unspecified atom stereocenters. The van der Waals surface area contributed by atoms with Crippen LogP contribution < -0.4 is 5.32 Å². The minimum absolute atomic E-state index is 0.105. The molecule has 7 nitrogen and oxygen atoms in total. The molecule has 7 heteroatoms. The molecule has 2 N–H and O–H groups in total. The van der Waals surface area contributed by atoms with E-state index in [1.807, 2.05) is 24.3 Å². The van der Waals surface area contributed by atoms with Crippen molar-refractivity contribution in [3.63, 3.8) is 0 Å². The van der Waals surface area contributed by atoms with Crippen molar-refractivity contribution in [3.8, 4) is 0 Å². The molecular weight excluding hydrogens is 300 g/mol. The maximum atomic E-state index is 12.1. The summed E-state index contributed by atoms with van der Waals surface area (Å²) >= 11 is 0. The number of hydrogen-bond acceptors (Lipinski definition) is 4. The number of fused-ring (bicyclic) bond motifs is 1. The van der Waals surface area contributed by atoms with Crippen LogP contribution in [0.4, 0.5) is 0 Å². The van der Waals surface area contributed by atoms with Gasteiger partial charge in [0.25, 0.3) is 0 Å². The van der Waals surface area contributed by atoms with Crippen molar-refractivity contribution < 1.29 is 24.3 Å². The van der Waals surface area contributed by atoms with Crippen molar-refractivity contribution in [2.45, 2.75) is 33.4 Å². The number of carbonyl (C=O) groups excluding carboxylic acids is 2. The molecule has 0 atom stereocenters. The van der Waals surface area contributed by atoms with Crippen molar-refractivity contribution in [1.82, 2.24) is 10.4 Å². The van der Waals surface area contributed by atoms with Crippen LogP contribution in [0.3, 0.4) is 0 Å². The number of carboxylic acid groups (broad SMARTS) is 1. The van der Waals surface area contributed by atoms with Crippen LogP contribution in [-0.2, 0) is 32.4 Å². The third kappa shape index (κ3) is 4.07. The van der Waals surface area contributed by atoms with Crippen molar-refractivity contribution >= 4 is 17.8 Å². The van der Waals surface area contributed by atoms with E-state index in [4.69, 9.17) is 9.94 Å². The summed E-state index contributed by atoms with van der Waals surface area (Å²) in [5.74, 6) is -2.53. The normalized spacial score (nSPS) is 14.1. The van der Waals surface area contributed by atoms with Gasteiger partial charge in [0.05, 0.1) is 12.0 Å². The summed E-state index contributed by atoms with van der Waals surface area (Å²) in [5.41, 5.74) is 0.962. The maximum absolute atomic E-state index is 12.1. The Balaban J connectivity index is 1.87. The second-order valence-electron chi connectivity index (χ2n) is 6.08. The molecule has 0 spiro atoms. The molecule has 0 radical (unpaired) electrons. The van der Waals surface area contributed by atoms with Crippen molar-refractivity contribution in [3.05, 3.63) is 35.4 Å². The lowest BCUT2D eigenvalue weighted by molar-refractivity contribution is -0.201. The smallest absolute Gasteiger partial charge is 0.335 e. The largest absolute Gasteiger partial charge is 0.481 e. The van der Waals surface area contributed by atoms with Crippen LogP contribution in [0.15, 0.2) is 24.3 Å². The fourth-order valence-corrected chi connectivity index (χ4v) is 2.12. The number of hydroxylamine groups is 2. The van der Waals surface area contributed by atoms with Gasteiger partial charge in [-0.05, 0) is 31.4 Å². The van der Waals surface area contributed by atoms with Gasteiger partial charge in [-0.2, -0.15) is 0 Å². The molecule has 124 valence electrons. The molecule has 0 fully saturated rings. The van der Waals surface area contributed by atoms with Gasteiger partial charge >= 0.3 is 17.8 Å². The van der Waals surface area contributed by atoms with Gasteiger partial charge in [0.1, 0.15) is 6.61 Å². The highest BCUT2D eigenvalue weighted by Crippen LogP contribution is 2.20. The molecule has 2 rings (SSSR count). The lowest BCUT2D eigenvalue weighted by Gasteiger charge is -2.27. The highest BCUT2D eigenvalue weighted by atomic mass is 16.7. The molecule has 0 saturated heterocycles. The van der Waals surface area contributed by atoms with Gasteiger partial charge in [-0.1, -0.05) is 24.3 Å². The van der Waals surface area contributed by atoms with Crippen LogP contribution >= 0.6 is 0 Å². The number of rotatable bonds is 4. The van der Waals surface area contributed by atoms with Crippen molar-refractivity contribution in [1.29, 1.82) is 0 Å². The quantitative estimate of drug-likeness (QED) is 0.809. The van der Waals surface area contributed by atoms with Crippen LogP contribution in [0, 0.1) is 5.41 Å². The maximum Gasteiger partial charge on any atom is 0.335 e. The molecule has 0 aliphatic carbocycles. The molecular formula is C16H20N2O5. The van der Waals surface area contributed by atoms with Crippen LogP contribution in [0.5, 0.6) is 0 Å². The summed E-state index contributed by atoms with van der Waals surface area (Å²) in [6.07, 6.45) is 0.227. The highest BCUT2D eigenvalue weighted by Gasteiger charge is 2.29. The average Bonchev–Trinajstić information content (AvgIpc) is 2.53. The third-order valence-electron chi connectivity index (χ3n) is 3.84. The molecule has 0 saturated carbocycles. The average molecular weight is 320 g/mol. The Kier molecular flexibility index (Phi) is 5.00. The Morgan fingerprint density at radius 3 is 2.57 bits per heavy atom. The topological polar surface area (TPSA) is 95.9 Å². The molecule has 2 amide bonds. The fraction of sp³-hybridized carbons (Fsp3) is 0.438. The molecule has 1 aromatic rings. The summed E-state index contributed by atoms with van der Waals surface area (Å²) in [5, 5.41) is 12.5. The van der Waals surface area contributed by atoms with E-state index in [1.54, 1.807) is 13.8 Å². The zero-order valence-electron chi connectivity index (χ0n) is 13.2. The minimum Gasteiger partial charge on any atom is -0.481 e. The number of benzene rings is 1. The number of nitrogens with one attached hydrogen (secondary N) is 1. The number of hydrogen-bond donors (Lipinski definition) is 2. The summed E-state index contributed by atoms with van der Waals surface area (Å²) < 4.78 is 0. The first kappa shape index (κ1) is 17.0. The van der Waals surface area contributed by atoms with Gasteiger partial charge in [0.2, 0.25) is 0 Å². The van der Waals surface area contributed by atoms with Crippen LogP contribution in [-0.4, -0.2) is 34.5 Å². The molecule has 23 heavy (non-hydrogen) atoms. The third-order valence-corrected chi connectivity index (χ3v) is 3.84. The molecule has 1 aliphatic heterocycles. The van der Waals surface area contributed by atoms with Gasteiger partial charge in [-0.3, -0.25) is 19.2 Å². The number of carbonyl (C=O) groups is 3. The van der Waals surface area contributed by atoms with E-state index in [2.05, 4.69) is 5.32 Å². The first-order valence-corrected chi connectivity index (χ1v) is 7.34. The number of aliphatic carboxylic acids is 1. The highest BCUT2D eigenvalue weighted by molar-refractivity contribution is 6.34. The van der Waals surface area contributed by atoms with E-state index in [1.165, 1.54) is 0 Å². The molecule has 1 aliphatic rings. The molecule has 1 heterocycles. The summed E-state index contributed by atoms with van der Waals surface area (Å²) in [6, 6.07) is 7.54. The zero-order valence-corrected chi connectivity index (χ0v) is 13.2. The van der Waals surface area contributed by atoms with E-state index < -0.39 is 23.2 Å². The predicted octanol–water partition coefficient (Wildman–Crippen LogP) is 1.08. The van der Waals surface area contributed by atoms with Crippen molar-refractivity contribution in [2.24, 2.45) is 5.41 Å². The van der Waals surface area contributed by atoms with Crippen LogP contribution in [0.1, 0.15) is 31.4 Å². The Hall–Kier alpha value is -2.41. The van der Waals surface area contributed by atoms with Crippen LogP contribution in [0.2, 0.25) is 0 Å². The number of nitrogens with zero attached hydrogens (tertiary/aromatic N) is 1. The van der Waals surface area contributed by atoms with E-state index >= 15 is 0 Å². The zero-order chi connectivity index (χ0) is 17.0. The Labute approximate surface area is 134 Å². The SMILES string of the molecule is CC(C)(CCNC(=O)C(=O)N1Cc2ccccc2CO1)C(=O)O. The monoisotopic (exact) mass is 320 g/mol. The standard InChI is InChI=1S/C16H20N2O5/c1-16(2,15(21)22)7-8-17-13(19)14(20)18-9-11-5-3-4-6-12(11)10-23-18/h3-6H,7-10H2,1-2H3,(H,17,19)(H,21,22). The summed E-state index contributed by atoms with van der Waals surface area (Å²) in [4.78, 5) is 40.2. The van der Waals surface area contributed by atoms with E-state index in [0.29, 0.717) is 0 Å². The minimum atomic E-state index is -0.961. The van der Waals surface area contributed by atoms with Gasteiger partial charge in [0.15, 0.2) is 0 Å². The van der Waals surface area contributed by atoms with E-state index in [0.717, 1.165) is 16.2 Å². The van der Waals surface area contributed by atoms with Gasteiger partial charge in [0, 0.05) is 6.54 Å². The first-order valence-electron chi connectivity index (χ1n) is 7.34. The summed E-state index contributed by atoms with van der Waals surface area (Å²) in [6.45, 7) is 3.68.